The number of amides is 2. The zero-order chi connectivity index (χ0) is 18.4. The predicted molar refractivity (Wildman–Crippen MR) is 95.9 cm³/mol. The monoisotopic (exact) mass is 361 g/mol. The van der Waals surface area contributed by atoms with Gasteiger partial charge in [-0.15, -0.1) is 0 Å². The molecule has 0 bridgehead atoms. The third kappa shape index (κ3) is 5.09. The molecule has 7 nitrogen and oxygen atoms in total. The van der Waals surface area contributed by atoms with E-state index in [1.165, 1.54) is 12.8 Å². The Morgan fingerprint density at radius 2 is 1.88 bits per heavy atom. The van der Waals surface area contributed by atoms with Crippen LogP contribution in [-0.2, 0) is 11.3 Å². The van der Waals surface area contributed by atoms with Crippen molar-refractivity contribution in [2.45, 2.75) is 70.1 Å². The van der Waals surface area contributed by atoms with Crippen LogP contribution in [0.5, 0.6) is 5.88 Å². The summed E-state index contributed by atoms with van der Waals surface area (Å²) in [5, 5.41) is 14.8. The molecule has 2 saturated carbocycles. The molecule has 0 spiro atoms. The van der Waals surface area contributed by atoms with Gasteiger partial charge in [-0.2, -0.15) is 0 Å². The fourth-order valence-corrected chi connectivity index (χ4v) is 3.73. The summed E-state index contributed by atoms with van der Waals surface area (Å²) in [5.41, 5.74) is 0.865. The number of ether oxygens (including phenoxy) is 1. The van der Waals surface area contributed by atoms with Crippen molar-refractivity contribution >= 4 is 12.0 Å². The maximum absolute atomic E-state index is 12.2. The lowest BCUT2D eigenvalue weighted by atomic mass is 9.86. The van der Waals surface area contributed by atoms with E-state index in [0.717, 1.165) is 18.4 Å². The van der Waals surface area contributed by atoms with E-state index >= 15 is 0 Å². The molecule has 3 N–H and O–H groups in total. The average molecular weight is 361 g/mol. The van der Waals surface area contributed by atoms with Gasteiger partial charge in [0.2, 0.25) is 5.88 Å². The molecular formula is C19H27N3O4. The number of urea groups is 1. The Hall–Kier alpha value is -2.31. The largest absolute Gasteiger partial charge is 0.481 e. The molecular weight excluding hydrogens is 334 g/mol. The third-order valence-electron chi connectivity index (χ3n) is 5.28. The highest BCUT2D eigenvalue weighted by Crippen LogP contribution is 2.25. The SMILES string of the molecule is O=C(NCc1cccnc1OC1CCCC1)NC1CCC(C(=O)O)CC1. The Morgan fingerprint density at radius 1 is 1.15 bits per heavy atom. The van der Waals surface area contributed by atoms with Gasteiger partial charge in [0.15, 0.2) is 0 Å². The van der Waals surface area contributed by atoms with Crippen molar-refractivity contribution in [2.24, 2.45) is 5.92 Å². The predicted octanol–water partition coefficient (Wildman–Crippen LogP) is 2.85. The van der Waals surface area contributed by atoms with Gasteiger partial charge in [-0.3, -0.25) is 4.79 Å². The van der Waals surface area contributed by atoms with Crippen LogP contribution in [0.1, 0.15) is 56.9 Å². The molecule has 2 aliphatic carbocycles. The van der Waals surface area contributed by atoms with Crippen molar-refractivity contribution in [3.05, 3.63) is 23.9 Å². The van der Waals surface area contributed by atoms with Gasteiger partial charge in [-0.25, -0.2) is 9.78 Å². The Balaban J connectivity index is 1.45. The number of nitrogens with zero attached hydrogens (tertiary/aromatic N) is 1. The van der Waals surface area contributed by atoms with E-state index in [-0.39, 0.29) is 24.1 Å². The van der Waals surface area contributed by atoms with Gasteiger partial charge < -0.3 is 20.5 Å². The number of rotatable bonds is 6. The second kappa shape index (κ2) is 8.87. The van der Waals surface area contributed by atoms with Crippen LogP contribution in [-0.4, -0.2) is 34.2 Å². The van der Waals surface area contributed by atoms with Gasteiger partial charge in [-0.05, 0) is 57.4 Å². The maximum atomic E-state index is 12.2. The number of carbonyl (C=O) groups excluding carboxylic acids is 1. The normalized spacial score (nSPS) is 23.4. The van der Waals surface area contributed by atoms with E-state index in [9.17, 15) is 9.59 Å². The molecule has 0 aromatic carbocycles. The number of carbonyl (C=O) groups is 2. The first-order chi connectivity index (χ1) is 12.6. The van der Waals surface area contributed by atoms with Crippen molar-refractivity contribution in [1.29, 1.82) is 0 Å². The highest BCUT2D eigenvalue weighted by atomic mass is 16.5. The second-order valence-corrected chi connectivity index (χ2v) is 7.21. The van der Waals surface area contributed by atoms with Crippen LogP contribution in [0.2, 0.25) is 0 Å². The van der Waals surface area contributed by atoms with Crippen molar-refractivity contribution in [1.82, 2.24) is 15.6 Å². The molecule has 0 radical (unpaired) electrons. The zero-order valence-electron chi connectivity index (χ0n) is 14.9. The number of hydrogen-bond donors (Lipinski definition) is 3. The molecule has 0 aliphatic heterocycles. The Kier molecular flexibility index (Phi) is 6.30. The van der Waals surface area contributed by atoms with Gasteiger partial charge >= 0.3 is 12.0 Å². The summed E-state index contributed by atoms with van der Waals surface area (Å²) < 4.78 is 5.98. The molecule has 0 atom stereocenters. The van der Waals surface area contributed by atoms with Crippen molar-refractivity contribution in [3.8, 4) is 5.88 Å². The Bertz CT molecular complexity index is 623. The minimum Gasteiger partial charge on any atom is -0.481 e. The minimum absolute atomic E-state index is 0.0358. The quantitative estimate of drug-likeness (QED) is 0.723. The van der Waals surface area contributed by atoms with E-state index in [1.807, 2.05) is 12.1 Å². The van der Waals surface area contributed by atoms with Crippen LogP contribution in [0.25, 0.3) is 0 Å². The number of carboxylic acid groups (broad SMARTS) is 1. The van der Waals surface area contributed by atoms with Gasteiger partial charge in [0.1, 0.15) is 6.10 Å². The van der Waals surface area contributed by atoms with Crippen LogP contribution in [0, 0.1) is 5.92 Å². The number of nitrogens with one attached hydrogen (secondary N) is 2. The summed E-state index contributed by atoms with van der Waals surface area (Å²) in [5.74, 6) is -0.414. The molecule has 2 amide bonds. The smallest absolute Gasteiger partial charge is 0.315 e. The van der Waals surface area contributed by atoms with Crippen molar-refractivity contribution < 1.29 is 19.4 Å². The highest BCUT2D eigenvalue weighted by Gasteiger charge is 2.26. The first kappa shape index (κ1) is 18.5. The van der Waals surface area contributed by atoms with Gasteiger partial charge in [-0.1, -0.05) is 6.07 Å². The van der Waals surface area contributed by atoms with E-state index in [0.29, 0.717) is 38.1 Å². The molecule has 7 heteroatoms. The molecule has 26 heavy (non-hydrogen) atoms. The van der Waals surface area contributed by atoms with Crippen LogP contribution in [0.3, 0.4) is 0 Å². The first-order valence-corrected chi connectivity index (χ1v) is 9.49. The third-order valence-corrected chi connectivity index (χ3v) is 5.28. The van der Waals surface area contributed by atoms with Gasteiger partial charge in [0.25, 0.3) is 0 Å². The highest BCUT2D eigenvalue weighted by molar-refractivity contribution is 5.74. The zero-order valence-corrected chi connectivity index (χ0v) is 14.9. The summed E-state index contributed by atoms with van der Waals surface area (Å²) in [7, 11) is 0. The van der Waals surface area contributed by atoms with Gasteiger partial charge in [0.05, 0.1) is 5.92 Å². The van der Waals surface area contributed by atoms with Crippen LogP contribution < -0.4 is 15.4 Å². The summed E-state index contributed by atoms with van der Waals surface area (Å²) >= 11 is 0. The molecule has 1 aromatic rings. The molecule has 2 fully saturated rings. The summed E-state index contributed by atoms with van der Waals surface area (Å²) in [4.78, 5) is 27.4. The Labute approximate surface area is 153 Å². The summed E-state index contributed by atoms with van der Waals surface area (Å²) in [6, 6.07) is 3.55. The first-order valence-electron chi connectivity index (χ1n) is 9.49. The van der Waals surface area contributed by atoms with Crippen LogP contribution in [0.4, 0.5) is 4.79 Å². The number of pyridine rings is 1. The average Bonchev–Trinajstić information content (AvgIpc) is 3.14. The molecule has 3 rings (SSSR count). The van der Waals surface area contributed by atoms with E-state index < -0.39 is 5.97 Å². The van der Waals surface area contributed by atoms with E-state index in [4.69, 9.17) is 9.84 Å². The molecule has 1 aromatic heterocycles. The number of carboxylic acids is 1. The van der Waals surface area contributed by atoms with E-state index in [1.54, 1.807) is 6.20 Å². The second-order valence-electron chi connectivity index (χ2n) is 7.21. The standard InChI is InChI=1S/C19H27N3O4/c23-18(24)13-7-9-15(10-8-13)22-19(25)21-12-14-4-3-11-20-17(14)26-16-5-1-2-6-16/h3-4,11,13,15-16H,1-2,5-10,12H2,(H,23,24)(H2,21,22,25). The fraction of sp³-hybridized carbons (Fsp3) is 0.632. The minimum atomic E-state index is -0.737. The van der Waals surface area contributed by atoms with Crippen LogP contribution >= 0.6 is 0 Å². The topological polar surface area (TPSA) is 101 Å². The van der Waals surface area contributed by atoms with Crippen LogP contribution in [0.15, 0.2) is 18.3 Å². The maximum Gasteiger partial charge on any atom is 0.315 e. The lowest BCUT2D eigenvalue weighted by Crippen LogP contribution is -2.44. The van der Waals surface area contributed by atoms with E-state index in [2.05, 4.69) is 15.6 Å². The fourth-order valence-electron chi connectivity index (χ4n) is 3.73. The number of aromatic nitrogens is 1. The van der Waals surface area contributed by atoms with Crippen molar-refractivity contribution in [3.63, 3.8) is 0 Å². The molecule has 0 unspecified atom stereocenters. The van der Waals surface area contributed by atoms with Crippen molar-refractivity contribution in [2.75, 3.05) is 0 Å². The summed E-state index contributed by atoms with van der Waals surface area (Å²) in [6.07, 6.45) is 9.06. The number of hydrogen-bond acceptors (Lipinski definition) is 4. The molecule has 1 heterocycles. The Morgan fingerprint density at radius 3 is 2.58 bits per heavy atom. The summed E-state index contributed by atoms with van der Waals surface area (Å²) in [6.45, 7) is 0.353. The molecule has 142 valence electrons. The number of aliphatic carboxylic acids is 1. The van der Waals surface area contributed by atoms with Gasteiger partial charge in [0, 0.05) is 24.3 Å². The lowest BCUT2D eigenvalue weighted by Gasteiger charge is -2.26. The molecule has 2 aliphatic rings. The molecule has 0 saturated heterocycles. The lowest BCUT2D eigenvalue weighted by molar-refractivity contribution is -0.142.